The number of nitrogens with zero attached hydrogens (tertiary/aromatic N) is 5. The predicted molar refractivity (Wildman–Crippen MR) is 91.6 cm³/mol. The van der Waals surface area contributed by atoms with E-state index in [1.807, 2.05) is 0 Å². The van der Waals surface area contributed by atoms with Crippen molar-refractivity contribution in [2.24, 2.45) is 0 Å². The Morgan fingerprint density at radius 3 is 2.54 bits per heavy atom. The number of nitrogen functional groups attached to an aromatic ring is 1. The Morgan fingerprint density at radius 1 is 1.21 bits per heavy atom. The molecular weight excluding hydrogens is 308 g/mol. The van der Waals surface area contributed by atoms with Crippen LogP contribution in [0.4, 0.5) is 11.9 Å². The molecule has 0 saturated heterocycles. The average Bonchev–Trinajstić information content (AvgIpc) is 2.58. The number of methoxy groups -OCH3 is 2. The molecule has 124 valence electrons. The highest BCUT2D eigenvalue weighted by Gasteiger charge is 2.12. The Balaban J connectivity index is 2.53. The molecule has 0 atom stereocenters. The lowest BCUT2D eigenvalue weighted by Gasteiger charge is -2.11. The lowest BCUT2D eigenvalue weighted by atomic mass is 10.1. The summed E-state index contributed by atoms with van der Waals surface area (Å²) in [4.78, 5) is 14.0. The number of rotatable bonds is 5. The standard InChI is InChI=1S/C16H18N6O2/c1-22(2)16-20-14(19-15(18)21-16)11(9-17)7-10-5-6-12(23-3)8-13(10)24-4/h5-8H,1-4H3,(H2,18,19,20,21). The Kier molecular flexibility index (Phi) is 5.16. The maximum absolute atomic E-state index is 9.49. The molecule has 8 nitrogen and oxygen atoms in total. The molecule has 1 heterocycles. The number of hydrogen-bond acceptors (Lipinski definition) is 8. The average molecular weight is 326 g/mol. The fourth-order valence-electron chi connectivity index (χ4n) is 1.94. The molecule has 1 aromatic heterocycles. The molecule has 0 aliphatic heterocycles. The van der Waals surface area contributed by atoms with Crippen molar-refractivity contribution in [1.82, 2.24) is 15.0 Å². The lowest BCUT2D eigenvalue weighted by Crippen LogP contribution is -2.15. The molecule has 0 spiro atoms. The van der Waals surface area contributed by atoms with Crippen LogP contribution in [0, 0.1) is 11.3 Å². The number of aromatic nitrogens is 3. The van der Waals surface area contributed by atoms with E-state index in [4.69, 9.17) is 15.2 Å². The molecule has 2 rings (SSSR count). The van der Waals surface area contributed by atoms with Gasteiger partial charge in [0.2, 0.25) is 11.9 Å². The number of ether oxygens (including phenoxy) is 2. The van der Waals surface area contributed by atoms with Gasteiger partial charge < -0.3 is 20.1 Å². The van der Waals surface area contributed by atoms with E-state index in [2.05, 4.69) is 21.0 Å². The summed E-state index contributed by atoms with van der Waals surface area (Å²) in [5, 5.41) is 9.49. The van der Waals surface area contributed by atoms with E-state index < -0.39 is 0 Å². The third-order valence-corrected chi connectivity index (χ3v) is 3.14. The van der Waals surface area contributed by atoms with Crippen molar-refractivity contribution in [3.8, 4) is 17.6 Å². The van der Waals surface area contributed by atoms with Gasteiger partial charge in [-0.1, -0.05) is 0 Å². The summed E-state index contributed by atoms with van der Waals surface area (Å²) >= 11 is 0. The molecular formula is C16H18N6O2. The molecule has 0 aliphatic carbocycles. The Morgan fingerprint density at radius 2 is 1.96 bits per heavy atom. The van der Waals surface area contributed by atoms with Crippen molar-refractivity contribution >= 4 is 23.5 Å². The third-order valence-electron chi connectivity index (χ3n) is 3.14. The van der Waals surface area contributed by atoms with Crippen LogP contribution in [0.5, 0.6) is 11.5 Å². The Hall–Kier alpha value is -3.34. The van der Waals surface area contributed by atoms with Crippen molar-refractivity contribution in [2.45, 2.75) is 0 Å². The minimum Gasteiger partial charge on any atom is -0.497 e. The predicted octanol–water partition coefficient (Wildman–Crippen LogP) is 1.60. The first kappa shape index (κ1) is 17.0. The highest BCUT2D eigenvalue weighted by molar-refractivity contribution is 5.88. The van der Waals surface area contributed by atoms with Gasteiger partial charge in [-0.15, -0.1) is 0 Å². The summed E-state index contributed by atoms with van der Waals surface area (Å²) in [6.07, 6.45) is 1.63. The molecule has 0 fully saturated rings. The molecule has 1 aromatic carbocycles. The van der Waals surface area contributed by atoms with E-state index in [0.29, 0.717) is 23.0 Å². The second-order valence-corrected chi connectivity index (χ2v) is 4.99. The van der Waals surface area contributed by atoms with E-state index in [0.717, 1.165) is 0 Å². The molecule has 0 amide bonds. The molecule has 0 bridgehead atoms. The summed E-state index contributed by atoms with van der Waals surface area (Å²) < 4.78 is 10.5. The van der Waals surface area contributed by atoms with Gasteiger partial charge in [0, 0.05) is 25.7 Å². The van der Waals surface area contributed by atoms with Crippen molar-refractivity contribution < 1.29 is 9.47 Å². The minimum atomic E-state index is 0.0477. The van der Waals surface area contributed by atoms with Crippen molar-refractivity contribution in [2.75, 3.05) is 38.9 Å². The van der Waals surface area contributed by atoms with Crippen LogP contribution >= 0.6 is 0 Å². The van der Waals surface area contributed by atoms with Crippen LogP contribution < -0.4 is 20.1 Å². The van der Waals surface area contributed by atoms with E-state index in [1.54, 1.807) is 57.5 Å². The monoisotopic (exact) mass is 326 g/mol. The quantitative estimate of drug-likeness (QED) is 0.825. The summed E-state index contributed by atoms with van der Waals surface area (Å²) in [6.45, 7) is 0. The van der Waals surface area contributed by atoms with Crippen molar-refractivity contribution in [3.05, 3.63) is 29.6 Å². The minimum absolute atomic E-state index is 0.0477. The molecule has 2 N–H and O–H groups in total. The number of benzene rings is 1. The molecule has 0 aliphatic rings. The highest BCUT2D eigenvalue weighted by Crippen LogP contribution is 2.28. The maximum Gasteiger partial charge on any atom is 0.230 e. The third kappa shape index (κ3) is 3.70. The number of anilines is 2. The van der Waals surface area contributed by atoms with Crippen LogP contribution in [-0.4, -0.2) is 43.3 Å². The fraction of sp³-hybridized carbons (Fsp3) is 0.250. The van der Waals surface area contributed by atoms with Gasteiger partial charge in [0.25, 0.3) is 0 Å². The van der Waals surface area contributed by atoms with Crippen molar-refractivity contribution in [1.29, 1.82) is 5.26 Å². The number of allylic oxidation sites excluding steroid dienone is 1. The van der Waals surface area contributed by atoms with Gasteiger partial charge >= 0.3 is 0 Å². The first-order valence-electron chi connectivity index (χ1n) is 7.01. The van der Waals surface area contributed by atoms with E-state index >= 15 is 0 Å². The molecule has 0 unspecified atom stereocenters. The zero-order chi connectivity index (χ0) is 17.7. The SMILES string of the molecule is COc1ccc(C=C(C#N)c2nc(N)nc(N(C)C)n2)c(OC)c1. The fourth-order valence-corrected chi connectivity index (χ4v) is 1.94. The van der Waals surface area contributed by atoms with E-state index in [-0.39, 0.29) is 17.3 Å². The smallest absolute Gasteiger partial charge is 0.230 e. The topological polar surface area (TPSA) is 110 Å². The van der Waals surface area contributed by atoms with Crippen LogP contribution in [0.25, 0.3) is 11.6 Å². The maximum atomic E-state index is 9.49. The second-order valence-electron chi connectivity index (χ2n) is 4.99. The van der Waals surface area contributed by atoms with Crippen molar-refractivity contribution in [3.63, 3.8) is 0 Å². The zero-order valence-electron chi connectivity index (χ0n) is 13.9. The molecule has 0 saturated carbocycles. The normalized spacial score (nSPS) is 10.9. The number of hydrogen-bond donors (Lipinski definition) is 1. The Bertz CT molecular complexity index is 811. The van der Waals surface area contributed by atoms with Gasteiger partial charge in [-0.05, 0) is 18.2 Å². The molecule has 0 radical (unpaired) electrons. The van der Waals surface area contributed by atoms with Crippen LogP contribution in [0.3, 0.4) is 0 Å². The molecule has 2 aromatic rings. The van der Waals surface area contributed by atoms with Gasteiger partial charge in [-0.3, -0.25) is 0 Å². The second kappa shape index (κ2) is 7.28. The molecule has 24 heavy (non-hydrogen) atoms. The summed E-state index contributed by atoms with van der Waals surface area (Å²) in [5.74, 6) is 1.84. The van der Waals surface area contributed by atoms with E-state index in [1.165, 1.54) is 0 Å². The number of nitrogens with two attached hydrogens (primary N) is 1. The zero-order valence-corrected chi connectivity index (χ0v) is 13.9. The van der Waals surface area contributed by atoms with Gasteiger partial charge in [0.05, 0.1) is 19.8 Å². The first-order chi connectivity index (χ1) is 11.5. The summed E-state index contributed by atoms with van der Waals surface area (Å²) in [6, 6.07) is 7.38. The molecule has 8 heteroatoms. The first-order valence-corrected chi connectivity index (χ1v) is 7.01. The van der Waals surface area contributed by atoms with Crippen LogP contribution in [0.15, 0.2) is 18.2 Å². The van der Waals surface area contributed by atoms with E-state index in [9.17, 15) is 5.26 Å². The lowest BCUT2D eigenvalue weighted by molar-refractivity contribution is 0.394. The highest BCUT2D eigenvalue weighted by atomic mass is 16.5. The van der Waals surface area contributed by atoms with Crippen LogP contribution in [0.2, 0.25) is 0 Å². The van der Waals surface area contributed by atoms with Crippen LogP contribution in [0.1, 0.15) is 11.4 Å². The van der Waals surface area contributed by atoms with Gasteiger partial charge in [-0.2, -0.15) is 20.2 Å². The van der Waals surface area contributed by atoms with Gasteiger partial charge in [-0.25, -0.2) is 0 Å². The van der Waals surface area contributed by atoms with Gasteiger partial charge in [0.1, 0.15) is 17.6 Å². The largest absolute Gasteiger partial charge is 0.497 e. The van der Waals surface area contributed by atoms with Gasteiger partial charge in [0.15, 0.2) is 5.82 Å². The van der Waals surface area contributed by atoms with Crippen LogP contribution in [-0.2, 0) is 0 Å². The summed E-state index contributed by atoms with van der Waals surface area (Å²) in [5.41, 5.74) is 6.65. The number of nitriles is 1. The Labute approximate surface area is 140 Å². The summed E-state index contributed by atoms with van der Waals surface area (Å²) in [7, 11) is 6.67.